The molecule has 24 heavy (non-hydrogen) atoms. The van der Waals surface area contributed by atoms with Crippen molar-refractivity contribution in [2.75, 3.05) is 19.8 Å². The van der Waals surface area contributed by atoms with Crippen LogP contribution in [0.1, 0.15) is 13.3 Å². The number of hydrogen-bond acceptors (Lipinski definition) is 10. The van der Waals surface area contributed by atoms with E-state index in [2.05, 4.69) is 0 Å². The molecular weight excluding hydrogens is 328 g/mol. The monoisotopic (exact) mass is 356 g/mol. The van der Waals surface area contributed by atoms with Crippen molar-refractivity contribution in [3.63, 3.8) is 0 Å². The van der Waals surface area contributed by atoms with Crippen LogP contribution in [0.25, 0.3) is 0 Å². The van der Waals surface area contributed by atoms with Crippen LogP contribution in [0.3, 0.4) is 0 Å². The van der Waals surface area contributed by atoms with Gasteiger partial charge in [0.2, 0.25) is 0 Å². The lowest BCUT2D eigenvalue weighted by Gasteiger charge is -2.40. The first-order valence-electron chi connectivity index (χ1n) is 7.85. The average Bonchev–Trinajstić information content (AvgIpc) is 2.59. The molecule has 0 aliphatic carbocycles. The Bertz CT molecular complexity index is 354. The van der Waals surface area contributed by atoms with Crippen LogP contribution < -0.4 is 0 Å². The van der Waals surface area contributed by atoms with Gasteiger partial charge in [-0.3, -0.25) is 0 Å². The van der Waals surface area contributed by atoms with E-state index in [1.165, 1.54) is 0 Å². The van der Waals surface area contributed by atoms with Crippen LogP contribution >= 0.6 is 0 Å². The second kappa shape index (κ2) is 9.92. The van der Waals surface area contributed by atoms with Gasteiger partial charge in [0.25, 0.3) is 0 Å². The summed E-state index contributed by atoms with van der Waals surface area (Å²) >= 11 is 0. The normalized spacial score (nSPS) is 36.1. The summed E-state index contributed by atoms with van der Waals surface area (Å²) in [6.45, 7) is 0.313. The van der Waals surface area contributed by atoms with E-state index in [1.807, 2.05) is 0 Å². The molecule has 0 bridgehead atoms. The van der Waals surface area contributed by atoms with E-state index in [0.717, 1.165) is 0 Å². The summed E-state index contributed by atoms with van der Waals surface area (Å²) in [6, 6.07) is 0. The number of aliphatic hydroxyl groups is 8. The van der Waals surface area contributed by atoms with E-state index >= 15 is 0 Å². The Labute approximate surface area is 139 Å². The van der Waals surface area contributed by atoms with E-state index in [4.69, 9.17) is 14.6 Å². The Morgan fingerprint density at radius 3 is 1.96 bits per heavy atom. The lowest BCUT2D eigenvalue weighted by Crippen LogP contribution is -2.59. The van der Waals surface area contributed by atoms with Gasteiger partial charge in [-0.2, -0.15) is 0 Å². The maximum Gasteiger partial charge on any atom is 0.111 e. The summed E-state index contributed by atoms with van der Waals surface area (Å²) in [4.78, 5) is 0. The second-order valence-electron chi connectivity index (χ2n) is 5.93. The molecule has 9 atom stereocenters. The minimum atomic E-state index is -1.63. The third-order valence-electron chi connectivity index (χ3n) is 4.12. The SMILES string of the molecule is CCC(O)C(O)C(O)C(O)COCC1OC(CO)C(O)C(O)C1O. The molecule has 1 heterocycles. The van der Waals surface area contributed by atoms with Crippen LogP contribution in [-0.2, 0) is 9.47 Å². The van der Waals surface area contributed by atoms with E-state index in [-0.39, 0.29) is 13.0 Å². The molecule has 1 rings (SSSR count). The quantitative estimate of drug-likeness (QED) is 0.201. The standard InChI is InChI=1S/C14H28O10/c1-2-6(16)10(18)11(19)7(17)4-23-5-9-13(21)14(22)12(20)8(3-15)24-9/h6-22H,2-5H2,1H3. The van der Waals surface area contributed by atoms with Crippen molar-refractivity contribution in [3.05, 3.63) is 0 Å². The van der Waals surface area contributed by atoms with Crippen molar-refractivity contribution in [2.24, 2.45) is 0 Å². The van der Waals surface area contributed by atoms with Gasteiger partial charge >= 0.3 is 0 Å². The highest BCUT2D eigenvalue weighted by molar-refractivity contribution is 4.92. The van der Waals surface area contributed by atoms with Gasteiger partial charge in [0.1, 0.15) is 48.8 Å². The molecule has 0 saturated carbocycles. The molecule has 1 saturated heterocycles. The topological polar surface area (TPSA) is 180 Å². The maximum absolute atomic E-state index is 9.81. The van der Waals surface area contributed by atoms with Crippen molar-refractivity contribution in [2.45, 2.75) is 68.3 Å². The molecule has 10 nitrogen and oxygen atoms in total. The first kappa shape index (κ1) is 21.6. The Morgan fingerprint density at radius 1 is 0.875 bits per heavy atom. The van der Waals surface area contributed by atoms with Gasteiger partial charge in [-0.15, -0.1) is 0 Å². The molecule has 8 N–H and O–H groups in total. The number of aliphatic hydroxyl groups excluding tert-OH is 8. The van der Waals surface area contributed by atoms with Crippen LogP contribution in [0.4, 0.5) is 0 Å². The predicted octanol–water partition coefficient (Wildman–Crippen LogP) is -4.30. The zero-order valence-corrected chi connectivity index (χ0v) is 13.4. The smallest absolute Gasteiger partial charge is 0.111 e. The highest BCUT2D eigenvalue weighted by Gasteiger charge is 2.43. The zero-order valence-electron chi connectivity index (χ0n) is 13.4. The van der Waals surface area contributed by atoms with Crippen LogP contribution in [0, 0.1) is 0 Å². The Hall–Kier alpha value is -0.400. The molecule has 10 heteroatoms. The fourth-order valence-electron chi connectivity index (χ4n) is 2.42. The molecule has 0 amide bonds. The molecule has 9 unspecified atom stereocenters. The van der Waals surface area contributed by atoms with E-state index in [9.17, 15) is 35.7 Å². The summed E-state index contributed by atoms with van der Waals surface area (Å²) in [5.41, 5.74) is 0. The molecule has 0 aromatic heterocycles. The van der Waals surface area contributed by atoms with Crippen LogP contribution in [0.5, 0.6) is 0 Å². The van der Waals surface area contributed by atoms with Gasteiger partial charge in [-0.25, -0.2) is 0 Å². The summed E-state index contributed by atoms with van der Waals surface area (Å²) < 4.78 is 10.3. The average molecular weight is 356 g/mol. The van der Waals surface area contributed by atoms with Crippen molar-refractivity contribution in [3.8, 4) is 0 Å². The van der Waals surface area contributed by atoms with Gasteiger partial charge in [0, 0.05) is 0 Å². The number of rotatable bonds is 9. The Kier molecular flexibility index (Phi) is 8.95. The molecule has 0 aromatic rings. The highest BCUT2D eigenvalue weighted by atomic mass is 16.6. The summed E-state index contributed by atoms with van der Waals surface area (Å²) in [5.74, 6) is 0. The van der Waals surface area contributed by atoms with Gasteiger partial charge < -0.3 is 50.3 Å². The molecule has 0 spiro atoms. The van der Waals surface area contributed by atoms with E-state index < -0.39 is 68.1 Å². The molecular formula is C14H28O10. The minimum Gasteiger partial charge on any atom is -0.394 e. The molecule has 144 valence electrons. The van der Waals surface area contributed by atoms with Crippen LogP contribution in [-0.4, -0.2) is 116 Å². The first-order chi connectivity index (χ1) is 11.2. The van der Waals surface area contributed by atoms with E-state index in [1.54, 1.807) is 6.92 Å². The summed E-state index contributed by atoms with van der Waals surface area (Å²) in [7, 11) is 0. The van der Waals surface area contributed by atoms with Crippen LogP contribution in [0.2, 0.25) is 0 Å². The fraction of sp³-hybridized carbons (Fsp3) is 1.00. The number of ether oxygens (including phenoxy) is 2. The summed E-state index contributed by atoms with van der Waals surface area (Å²) in [5, 5.41) is 76.6. The Balaban J connectivity index is 2.45. The van der Waals surface area contributed by atoms with Crippen molar-refractivity contribution >= 4 is 0 Å². The van der Waals surface area contributed by atoms with Crippen molar-refractivity contribution < 1.29 is 50.3 Å². The molecule has 0 radical (unpaired) electrons. The lowest BCUT2D eigenvalue weighted by molar-refractivity contribution is -0.241. The minimum absolute atomic E-state index is 0.191. The maximum atomic E-state index is 9.81. The van der Waals surface area contributed by atoms with Gasteiger partial charge in [0.15, 0.2) is 0 Å². The van der Waals surface area contributed by atoms with Gasteiger partial charge in [0.05, 0.1) is 25.9 Å². The van der Waals surface area contributed by atoms with Crippen molar-refractivity contribution in [1.29, 1.82) is 0 Å². The van der Waals surface area contributed by atoms with Gasteiger partial charge in [-0.1, -0.05) is 6.92 Å². The highest BCUT2D eigenvalue weighted by Crippen LogP contribution is 2.21. The molecule has 0 aromatic carbocycles. The van der Waals surface area contributed by atoms with Crippen LogP contribution in [0.15, 0.2) is 0 Å². The molecule has 1 aliphatic rings. The van der Waals surface area contributed by atoms with Gasteiger partial charge in [-0.05, 0) is 6.42 Å². The largest absolute Gasteiger partial charge is 0.394 e. The third kappa shape index (κ3) is 5.30. The molecule has 1 fully saturated rings. The lowest BCUT2D eigenvalue weighted by atomic mass is 9.95. The third-order valence-corrected chi connectivity index (χ3v) is 4.12. The summed E-state index contributed by atoms with van der Waals surface area (Å²) in [6.07, 6.45) is -12.2. The first-order valence-corrected chi connectivity index (χ1v) is 7.85. The fourth-order valence-corrected chi connectivity index (χ4v) is 2.42. The zero-order chi connectivity index (χ0) is 18.4. The Morgan fingerprint density at radius 2 is 1.42 bits per heavy atom. The second-order valence-corrected chi connectivity index (χ2v) is 5.93. The van der Waals surface area contributed by atoms with Crippen molar-refractivity contribution in [1.82, 2.24) is 0 Å². The van der Waals surface area contributed by atoms with E-state index in [0.29, 0.717) is 0 Å². The molecule has 1 aliphatic heterocycles. The predicted molar refractivity (Wildman–Crippen MR) is 78.9 cm³/mol. The number of hydrogen-bond donors (Lipinski definition) is 8.